The van der Waals surface area contributed by atoms with Gasteiger partial charge in [0.25, 0.3) is 0 Å². The third kappa shape index (κ3) is 2.42. The van der Waals surface area contributed by atoms with Crippen LogP contribution in [0.1, 0.15) is 25.7 Å². The number of halogens is 2. The van der Waals surface area contributed by atoms with Gasteiger partial charge in [0.1, 0.15) is 11.6 Å². The van der Waals surface area contributed by atoms with Gasteiger partial charge in [-0.3, -0.25) is 4.79 Å². The smallest absolute Gasteiger partial charge is 0.203 e. The van der Waals surface area contributed by atoms with Crippen molar-refractivity contribution < 1.29 is 13.6 Å². The number of benzene rings is 1. The molecule has 0 unspecified atom stereocenters. The molecule has 1 aromatic carbocycles. The number of ketones is 1. The summed E-state index contributed by atoms with van der Waals surface area (Å²) in [5, 5.41) is 0. The number of aryl methyl sites for hydroxylation is 2. The molecular formula is C13H10F2OS. The largest absolute Gasteiger partial charge is 0.288 e. The Bertz CT molecular complexity index is 547. The molecule has 0 amide bonds. The van der Waals surface area contributed by atoms with Gasteiger partial charge in [-0.1, -0.05) is 0 Å². The fraction of sp³-hybridized carbons (Fsp3) is 0.154. The van der Waals surface area contributed by atoms with E-state index in [1.807, 2.05) is 13.8 Å². The normalized spacial score (nSPS) is 10.6. The van der Waals surface area contributed by atoms with Crippen LogP contribution in [0.15, 0.2) is 24.3 Å². The highest BCUT2D eigenvalue weighted by molar-refractivity contribution is 7.14. The van der Waals surface area contributed by atoms with Crippen LogP contribution in [-0.4, -0.2) is 5.78 Å². The van der Waals surface area contributed by atoms with Crippen molar-refractivity contribution >= 4 is 17.1 Å². The topological polar surface area (TPSA) is 17.1 Å². The maximum Gasteiger partial charge on any atom is 0.203 e. The quantitative estimate of drug-likeness (QED) is 0.741. The summed E-state index contributed by atoms with van der Waals surface area (Å²) in [7, 11) is 0. The van der Waals surface area contributed by atoms with Crippen molar-refractivity contribution in [2.75, 3.05) is 0 Å². The van der Waals surface area contributed by atoms with Crippen LogP contribution in [0.5, 0.6) is 0 Å². The minimum absolute atomic E-state index is 0.0451. The molecule has 1 heterocycles. The van der Waals surface area contributed by atoms with E-state index in [9.17, 15) is 13.6 Å². The molecule has 0 N–H and O–H groups in total. The van der Waals surface area contributed by atoms with E-state index in [4.69, 9.17) is 0 Å². The number of thiophene rings is 1. The van der Waals surface area contributed by atoms with Crippen LogP contribution in [-0.2, 0) is 0 Å². The van der Waals surface area contributed by atoms with Gasteiger partial charge in [0, 0.05) is 16.5 Å². The number of carbonyl (C=O) groups is 1. The van der Waals surface area contributed by atoms with E-state index in [1.54, 1.807) is 6.07 Å². The predicted octanol–water partition coefficient (Wildman–Crippen LogP) is 3.87. The van der Waals surface area contributed by atoms with Crippen molar-refractivity contribution in [2.24, 2.45) is 0 Å². The standard InChI is InChI=1S/C13H10F2OS/c1-7-3-12(17-8(7)2)13(16)9-4-10(14)6-11(15)5-9/h3-6H,1-2H3. The highest BCUT2D eigenvalue weighted by Gasteiger charge is 2.14. The molecule has 2 rings (SSSR count). The Morgan fingerprint density at radius 3 is 2.12 bits per heavy atom. The van der Waals surface area contributed by atoms with Crippen LogP contribution in [0.2, 0.25) is 0 Å². The van der Waals surface area contributed by atoms with Crippen molar-refractivity contribution in [2.45, 2.75) is 13.8 Å². The van der Waals surface area contributed by atoms with Gasteiger partial charge < -0.3 is 0 Å². The van der Waals surface area contributed by atoms with Gasteiger partial charge in [-0.15, -0.1) is 11.3 Å². The first-order chi connectivity index (χ1) is 7.97. The maximum absolute atomic E-state index is 13.0. The first-order valence-corrected chi connectivity index (χ1v) is 5.87. The van der Waals surface area contributed by atoms with Gasteiger partial charge in [-0.25, -0.2) is 8.78 Å². The molecule has 0 bridgehead atoms. The molecule has 1 aromatic heterocycles. The van der Waals surface area contributed by atoms with Gasteiger partial charge in [0.15, 0.2) is 0 Å². The zero-order valence-corrected chi connectivity index (χ0v) is 10.2. The van der Waals surface area contributed by atoms with Gasteiger partial charge in [0.2, 0.25) is 5.78 Å². The van der Waals surface area contributed by atoms with Gasteiger partial charge in [0.05, 0.1) is 4.88 Å². The highest BCUT2D eigenvalue weighted by atomic mass is 32.1. The lowest BCUT2D eigenvalue weighted by Gasteiger charge is -1.99. The molecule has 88 valence electrons. The number of hydrogen-bond acceptors (Lipinski definition) is 2. The van der Waals surface area contributed by atoms with E-state index < -0.39 is 11.6 Å². The van der Waals surface area contributed by atoms with E-state index in [0.717, 1.165) is 28.6 Å². The minimum Gasteiger partial charge on any atom is -0.288 e. The van der Waals surface area contributed by atoms with E-state index in [-0.39, 0.29) is 11.3 Å². The Balaban J connectivity index is 2.43. The minimum atomic E-state index is -0.738. The zero-order valence-electron chi connectivity index (χ0n) is 9.38. The summed E-state index contributed by atoms with van der Waals surface area (Å²) < 4.78 is 26.0. The molecule has 0 spiro atoms. The highest BCUT2D eigenvalue weighted by Crippen LogP contribution is 2.23. The van der Waals surface area contributed by atoms with E-state index in [2.05, 4.69) is 0 Å². The van der Waals surface area contributed by atoms with E-state index in [1.165, 1.54) is 11.3 Å². The van der Waals surface area contributed by atoms with Crippen LogP contribution >= 0.6 is 11.3 Å². The first-order valence-electron chi connectivity index (χ1n) is 5.05. The lowest BCUT2D eigenvalue weighted by molar-refractivity contribution is 0.104. The molecule has 0 aliphatic heterocycles. The van der Waals surface area contributed by atoms with Crippen molar-refractivity contribution in [1.29, 1.82) is 0 Å². The maximum atomic E-state index is 13.0. The summed E-state index contributed by atoms with van der Waals surface area (Å²) in [6.45, 7) is 3.80. The summed E-state index contributed by atoms with van der Waals surface area (Å²) in [5.41, 5.74) is 1.05. The SMILES string of the molecule is Cc1cc(C(=O)c2cc(F)cc(F)c2)sc1C. The molecule has 0 aliphatic carbocycles. The fourth-order valence-electron chi connectivity index (χ4n) is 1.51. The van der Waals surface area contributed by atoms with Crippen LogP contribution in [0.3, 0.4) is 0 Å². The Hall–Kier alpha value is -1.55. The Morgan fingerprint density at radius 1 is 1.06 bits per heavy atom. The molecule has 1 nitrogen and oxygen atoms in total. The van der Waals surface area contributed by atoms with Crippen LogP contribution in [0.25, 0.3) is 0 Å². The third-order valence-electron chi connectivity index (χ3n) is 2.51. The zero-order chi connectivity index (χ0) is 12.6. The van der Waals surface area contributed by atoms with Gasteiger partial charge in [-0.2, -0.15) is 0 Å². The summed E-state index contributed by atoms with van der Waals surface area (Å²) >= 11 is 1.33. The predicted molar refractivity (Wildman–Crippen MR) is 63.6 cm³/mol. The van der Waals surface area contributed by atoms with Crippen molar-refractivity contribution in [1.82, 2.24) is 0 Å². The summed E-state index contributed by atoms with van der Waals surface area (Å²) in [4.78, 5) is 13.5. The van der Waals surface area contributed by atoms with E-state index in [0.29, 0.717) is 4.88 Å². The molecule has 0 saturated heterocycles. The van der Waals surface area contributed by atoms with Crippen molar-refractivity contribution in [3.8, 4) is 0 Å². The summed E-state index contributed by atoms with van der Waals surface area (Å²) in [6, 6.07) is 4.60. The Morgan fingerprint density at radius 2 is 1.65 bits per heavy atom. The fourth-order valence-corrected chi connectivity index (χ4v) is 2.51. The second-order valence-corrected chi connectivity index (χ2v) is 5.09. The molecule has 0 aliphatic rings. The number of carbonyl (C=O) groups excluding carboxylic acids is 1. The monoisotopic (exact) mass is 252 g/mol. The Labute approximate surface area is 102 Å². The second kappa shape index (κ2) is 4.37. The van der Waals surface area contributed by atoms with Crippen LogP contribution < -0.4 is 0 Å². The van der Waals surface area contributed by atoms with Gasteiger partial charge >= 0.3 is 0 Å². The molecule has 2 aromatic rings. The lowest BCUT2D eigenvalue weighted by atomic mass is 10.1. The number of hydrogen-bond donors (Lipinski definition) is 0. The second-order valence-electron chi connectivity index (χ2n) is 3.84. The molecular weight excluding hydrogens is 242 g/mol. The molecule has 0 radical (unpaired) electrons. The molecule has 17 heavy (non-hydrogen) atoms. The molecule has 0 saturated carbocycles. The van der Waals surface area contributed by atoms with Crippen LogP contribution in [0, 0.1) is 25.5 Å². The molecule has 0 fully saturated rings. The lowest BCUT2D eigenvalue weighted by Crippen LogP contribution is -2.00. The number of rotatable bonds is 2. The third-order valence-corrected chi connectivity index (χ3v) is 3.67. The summed E-state index contributed by atoms with van der Waals surface area (Å²) in [6.07, 6.45) is 0. The first kappa shape index (κ1) is 11.9. The van der Waals surface area contributed by atoms with Crippen LogP contribution in [0.4, 0.5) is 8.78 Å². The van der Waals surface area contributed by atoms with Crippen molar-refractivity contribution in [3.63, 3.8) is 0 Å². The van der Waals surface area contributed by atoms with E-state index >= 15 is 0 Å². The molecule has 0 atom stereocenters. The summed E-state index contributed by atoms with van der Waals surface area (Å²) in [5.74, 6) is -1.82. The van der Waals surface area contributed by atoms with Gasteiger partial charge in [-0.05, 0) is 37.6 Å². The Kier molecular flexibility index (Phi) is 3.07. The van der Waals surface area contributed by atoms with Crippen molar-refractivity contribution in [3.05, 3.63) is 56.8 Å². The average molecular weight is 252 g/mol. The average Bonchev–Trinajstić information content (AvgIpc) is 2.57. The molecule has 4 heteroatoms.